The summed E-state index contributed by atoms with van der Waals surface area (Å²) in [6.07, 6.45) is 10.2. The zero-order valence-corrected chi connectivity index (χ0v) is 11.4. The van der Waals surface area contributed by atoms with Gasteiger partial charge in [-0.3, -0.25) is 0 Å². The van der Waals surface area contributed by atoms with E-state index in [0.717, 1.165) is 18.4 Å². The summed E-state index contributed by atoms with van der Waals surface area (Å²) in [5.74, 6) is 0. The van der Waals surface area contributed by atoms with Crippen molar-refractivity contribution in [3.05, 3.63) is 0 Å². The number of ether oxygens (including phenoxy) is 1. The summed E-state index contributed by atoms with van der Waals surface area (Å²) >= 11 is 2.03. The van der Waals surface area contributed by atoms with Gasteiger partial charge >= 0.3 is 0 Å². The second kappa shape index (κ2) is 5.74. The fraction of sp³-hybridized carbons (Fsp3) is 1.00. The third-order valence-corrected chi connectivity index (χ3v) is 5.21. The van der Waals surface area contributed by atoms with E-state index in [1.54, 1.807) is 0 Å². The van der Waals surface area contributed by atoms with Gasteiger partial charge in [-0.05, 0) is 38.9 Å². The smallest absolute Gasteiger partial charge is 0.0779 e. The fourth-order valence-electron chi connectivity index (χ4n) is 2.94. The normalized spacial score (nSPS) is 40.1. The standard InChI is InChI=1S/C13H25NOS/c1-13(8-5-9-15-13)10-14-11-6-3-4-7-12(11)16-2/h11-12,14H,3-10H2,1-2H3. The van der Waals surface area contributed by atoms with E-state index in [9.17, 15) is 0 Å². The Morgan fingerprint density at radius 3 is 2.81 bits per heavy atom. The molecule has 3 heteroatoms. The summed E-state index contributed by atoms with van der Waals surface area (Å²) in [5.41, 5.74) is 0.112. The number of thioether (sulfide) groups is 1. The van der Waals surface area contributed by atoms with Crippen molar-refractivity contribution in [2.75, 3.05) is 19.4 Å². The number of nitrogens with one attached hydrogen (secondary N) is 1. The fourth-order valence-corrected chi connectivity index (χ4v) is 3.90. The van der Waals surface area contributed by atoms with Crippen LogP contribution in [-0.4, -0.2) is 36.3 Å². The first kappa shape index (κ1) is 12.7. The molecule has 3 unspecified atom stereocenters. The Labute approximate surface area is 104 Å². The summed E-state index contributed by atoms with van der Waals surface area (Å²) in [4.78, 5) is 0. The van der Waals surface area contributed by atoms with Crippen molar-refractivity contribution in [3.63, 3.8) is 0 Å². The Bertz CT molecular complexity index is 216. The predicted molar refractivity (Wildman–Crippen MR) is 71.2 cm³/mol. The quantitative estimate of drug-likeness (QED) is 0.820. The average molecular weight is 243 g/mol. The Hall–Kier alpha value is 0.270. The maximum absolute atomic E-state index is 5.83. The first-order valence-corrected chi connectivity index (χ1v) is 7.92. The van der Waals surface area contributed by atoms with E-state index in [2.05, 4.69) is 18.5 Å². The number of hydrogen-bond donors (Lipinski definition) is 1. The lowest BCUT2D eigenvalue weighted by molar-refractivity contribution is 0.0180. The van der Waals surface area contributed by atoms with Crippen LogP contribution < -0.4 is 5.32 Å². The van der Waals surface area contributed by atoms with Gasteiger partial charge in [0.15, 0.2) is 0 Å². The van der Waals surface area contributed by atoms with Gasteiger partial charge in [0.2, 0.25) is 0 Å². The maximum atomic E-state index is 5.83. The maximum Gasteiger partial charge on any atom is 0.0779 e. The lowest BCUT2D eigenvalue weighted by Gasteiger charge is -2.34. The zero-order chi connectivity index (χ0) is 11.4. The molecule has 0 aromatic carbocycles. The summed E-state index contributed by atoms with van der Waals surface area (Å²) < 4.78 is 5.83. The van der Waals surface area contributed by atoms with Crippen LogP contribution in [0, 0.1) is 0 Å². The van der Waals surface area contributed by atoms with Crippen LogP contribution in [0.4, 0.5) is 0 Å². The van der Waals surface area contributed by atoms with E-state index in [1.807, 2.05) is 11.8 Å². The van der Waals surface area contributed by atoms with Crippen LogP contribution in [-0.2, 0) is 4.74 Å². The highest BCUT2D eigenvalue weighted by molar-refractivity contribution is 7.99. The van der Waals surface area contributed by atoms with Crippen molar-refractivity contribution >= 4 is 11.8 Å². The van der Waals surface area contributed by atoms with Crippen LogP contribution in [0.2, 0.25) is 0 Å². The van der Waals surface area contributed by atoms with E-state index < -0.39 is 0 Å². The monoisotopic (exact) mass is 243 g/mol. The lowest BCUT2D eigenvalue weighted by Crippen LogP contribution is -2.47. The van der Waals surface area contributed by atoms with Gasteiger partial charge in [0.05, 0.1) is 5.60 Å². The minimum atomic E-state index is 0.112. The van der Waals surface area contributed by atoms with E-state index in [4.69, 9.17) is 4.74 Å². The molecule has 0 bridgehead atoms. The van der Waals surface area contributed by atoms with Gasteiger partial charge in [-0.1, -0.05) is 12.8 Å². The molecule has 0 spiro atoms. The Morgan fingerprint density at radius 1 is 1.31 bits per heavy atom. The molecular weight excluding hydrogens is 218 g/mol. The second-order valence-corrected chi connectivity index (χ2v) is 6.52. The van der Waals surface area contributed by atoms with Gasteiger partial charge in [0, 0.05) is 24.4 Å². The first-order valence-electron chi connectivity index (χ1n) is 6.64. The largest absolute Gasteiger partial charge is 0.374 e. The third-order valence-electron chi connectivity index (χ3n) is 4.04. The zero-order valence-electron chi connectivity index (χ0n) is 10.6. The molecule has 3 atom stereocenters. The molecule has 2 fully saturated rings. The average Bonchev–Trinajstić information content (AvgIpc) is 2.74. The summed E-state index contributed by atoms with van der Waals surface area (Å²) in [6.45, 7) is 4.24. The molecule has 1 N–H and O–H groups in total. The summed E-state index contributed by atoms with van der Waals surface area (Å²) in [6, 6.07) is 0.713. The topological polar surface area (TPSA) is 21.3 Å². The molecule has 1 saturated heterocycles. The third kappa shape index (κ3) is 3.14. The van der Waals surface area contributed by atoms with Crippen LogP contribution in [0.25, 0.3) is 0 Å². The van der Waals surface area contributed by atoms with E-state index in [-0.39, 0.29) is 5.60 Å². The summed E-state index contributed by atoms with van der Waals surface area (Å²) in [5, 5.41) is 4.58. The van der Waals surface area contributed by atoms with Gasteiger partial charge in [-0.25, -0.2) is 0 Å². The SMILES string of the molecule is CSC1CCCCC1NCC1(C)CCCO1. The van der Waals surface area contributed by atoms with Crippen LogP contribution in [0.3, 0.4) is 0 Å². The van der Waals surface area contributed by atoms with Gasteiger partial charge < -0.3 is 10.1 Å². The van der Waals surface area contributed by atoms with Gasteiger partial charge in [0.1, 0.15) is 0 Å². The molecule has 1 saturated carbocycles. The molecule has 1 aliphatic heterocycles. The molecule has 0 amide bonds. The van der Waals surface area contributed by atoms with Gasteiger partial charge in [-0.2, -0.15) is 11.8 Å². The Kier molecular flexibility index (Phi) is 4.57. The van der Waals surface area contributed by atoms with Crippen molar-refractivity contribution < 1.29 is 4.74 Å². The molecule has 0 aromatic rings. The van der Waals surface area contributed by atoms with Crippen molar-refractivity contribution in [1.82, 2.24) is 5.32 Å². The highest BCUT2D eigenvalue weighted by atomic mass is 32.2. The van der Waals surface area contributed by atoms with Crippen LogP contribution in [0.1, 0.15) is 45.4 Å². The molecule has 16 heavy (non-hydrogen) atoms. The van der Waals surface area contributed by atoms with E-state index in [0.29, 0.717) is 6.04 Å². The molecule has 1 heterocycles. The highest BCUT2D eigenvalue weighted by Crippen LogP contribution is 2.29. The first-order chi connectivity index (χ1) is 7.73. The second-order valence-electron chi connectivity index (χ2n) is 5.45. The number of hydrogen-bond acceptors (Lipinski definition) is 3. The Balaban J connectivity index is 1.79. The molecule has 2 nitrogen and oxygen atoms in total. The Morgan fingerprint density at radius 2 is 2.12 bits per heavy atom. The molecule has 2 aliphatic rings. The molecule has 0 radical (unpaired) electrons. The van der Waals surface area contributed by atoms with Crippen LogP contribution in [0.15, 0.2) is 0 Å². The molecule has 0 aromatic heterocycles. The highest BCUT2D eigenvalue weighted by Gasteiger charge is 2.32. The number of rotatable bonds is 4. The predicted octanol–water partition coefficient (Wildman–Crippen LogP) is 2.82. The lowest BCUT2D eigenvalue weighted by atomic mass is 9.93. The molecule has 2 rings (SSSR count). The van der Waals surface area contributed by atoms with Crippen LogP contribution >= 0.6 is 11.8 Å². The van der Waals surface area contributed by atoms with Crippen molar-refractivity contribution in [2.45, 2.75) is 62.3 Å². The molecule has 1 aliphatic carbocycles. The van der Waals surface area contributed by atoms with Crippen LogP contribution in [0.5, 0.6) is 0 Å². The minimum Gasteiger partial charge on any atom is -0.374 e. The van der Waals surface area contributed by atoms with Crippen molar-refractivity contribution in [3.8, 4) is 0 Å². The van der Waals surface area contributed by atoms with E-state index in [1.165, 1.54) is 38.5 Å². The molecule has 94 valence electrons. The van der Waals surface area contributed by atoms with Gasteiger partial charge in [0.25, 0.3) is 0 Å². The van der Waals surface area contributed by atoms with Crippen molar-refractivity contribution in [2.24, 2.45) is 0 Å². The molecular formula is C13H25NOS. The van der Waals surface area contributed by atoms with Crippen molar-refractivity contribution in [1.29, 1.82) is 0 Å². The van der Waals surface area contributed by atoms with Gasteiger partial charge in [-0.15, -0.1) is 0 Å². The minimum absolute atomic E-state index is 0.112. The van der Waals surface area contributed by atoms with E-state index >= 15 is 0 Å². The summed E-state index contributed by atoms with van der Waals surface area (Å²) in [7, 11) is 0.